The summed E-state index contributed by atoms with van der Waals surface area (Å²) in [6, 6.07) is 15.0. The lowest BCUT2D eigenvalue weighted by Crippen LogP contribution is -2.24. The molecule has 3 aromatic rings. The Morgan fingerprint density at radius 2 is 1.81 bits per heavy atom. The third kappa shape index (κ3) is 3.42. The van der Waals surface area contributed by atoms with Gasteiger partial charge in [-0.1, -0.05) is 25.1 Å². The van der Waals surface area contributed by atoms with Crippen LogP contribution in [0.15, 0.2) is 48.7 Å². The Balaban J connectivity index is 1.68. The van der Waals surface area contributed by atoms with Gasteiger partial charge in [0.2, 0.25) is 0 Å². The van der Waals surface area contributed by atoms with E-state index in [0.29, 0.717) is 5.25 Å². The molecule has 0 saturated carbocycles. The minimum absolute atomic E-state index is 0.218. The number of benzene rings is 2. The molecule has 1 saturated heterocycles. The smallest absolute Gasteiger partial charge is 0.128 e. The second-order valence-corrected chi connectivity index (χ2v) is 8.65. The lowest BCUT2D eigenvalue weighted by atomic mass is 10.1. The molecule has 1 aliphatic rings. The maximum absolute atomic E-state index is 5.67. The first-order valence-corrected chi connectivity index (χ1v) is 10.2. The number of hydrogen-bond acceptors (Lipinski definition) is 4. The van der Waals surface area contributed by atoms with Crippen molar-refractivity contribution in [1.29, 1.82) is 0 Å². The first-order valence-electron chi connectivity index (χ1n) is 9.25. The Bertz CT molecular complexity index is 930. The van der Waals surface area contributed by atoms with Crippen molar-refractivity contribution in [2.45, 2.75) is 24.1 Å². The molecule has 2 aromatic carbocycles. The highest BCUT2D eigenvalue weighted by Crippen LogP contribution is 2.49. The zero-order valence-electron chi connectivity index (χ0n) is 16.3. The Morgan fingerprint density at radius 3 is 2.52 bits per heavy atom. The molecule has 142 valence electrons. The first kappa shape index (κ1) is 18.3. The highest BCUT2D eigenvalue weighted by molar-refractivity contribution is 8.00. The van der Waals surface area contributed by atoms with Crippen molar-refractivity contribution in [3.8, 4) is 11.5 Å². The molecular weight excluding hydrogens is 356 g/mol. The molecule has 0 radical (unpaired) electrons. The molecule has 0 aliphatic carbocycles. The SMILES string of the molecule is COc1cccc(OC)c1C1SC(C)CN1Cc1ccc2ccn(C)c2c1. The summed E-state index contributed by atoms with van der Waals surface area (Å²) in [5.41, 5.74) is 3.74. The van der Waals surface area contributed by atoms with Gasteiger partial charge >= 0.3 is 0 Å². The van der Waals surface area contributed by atoms with Gasteiger partial charge in [-0.3, -0.25) is 4.90 Å². The van der Waals surface area contributed by atoms with Crippen LogP contribution in [0.1, 0.15) is 23.4 Å². The number of rotatable bonds is 5. The summed E-state index contributed by atoms with van der Waals surface area (Å²) in [4.78, 5) is 2.53. The van der Waals surface area contributed by atoms with Gasteiger partial charge in [0.05, 0.1) is 25.2 Å². The van der Waals surface area contributed by atoms with Gasteiger partial charge < -0.3 is 14.0 Å². The Morgan fingerprint density at radius 1 is 1.07 bits per heavy atom. The van der Waals surface area contributed by atoms with Crippen molar-refractivity contribution < 1.29 is 9.47 Å². The Kier molecular flexibility index (Phi) is 5.06. The molecule has 1 aliphatic heterocycles. The number of hydrogen-bond donors (Lipinski definition) is 0. The quantitative estimate of drug-likeness (QED) is 0.631. The number of aryl methyl sites for hydroxylation is 1. The predicted octanol–water partition coefficient (Wildman–Crippen LogP) is 4.83. The summed E-state index contributed by atoms with van der Waals surface area (Å²) < 4.78 is 13.5. The predicted molar refractivity (Wildman–Crippen MR) is 113 cm³/mol. The zero-order valence-corrected chi connectivity index (χ0v) is 17.1. The molecule has 4 rings (SSSR count). The van der Waals surface area contributed by atoms with E-state index in [0.717, 1.165) is 30.2 Å². The molecule has 0 N–H and O–H groups in total. The van der Waals surface area contributed by atoms with Crippen LogP contribution >= 0.6 is 11.8 Å². The van der Waals surface area contributed by atoms with Crippen LogP contribution < -0.4 is 9.47 Å². The number of nitrogens with zero attached hydrogens (tertiary/aromatic N) is 2. The van der Waals surface area contributed by atoms with E-state index in [4.69, 9.17) is 9.47 Å². The number of aromatic nitrogens is 1. The Hall–Kier alpha value is -2.11. The van der Waals surface area contributed by atoms with Crippen LogP contribution in [0, 0.1) is 0 Å². The van der Waals surface area contributed by atoms with Crippen LogP contribution in [0.3, 0.4) is 0 Å². The molecule has 2 unspecified atom stereocenters. The summed E-state index contributed by atoms with van der Waals surface area (Å²) in [5.74, 6) is 1.78. The molecular formula is C22H26N2O2S. The average Bonchev–Trinajstić information content (AvgIpc) is 3.23. The second kappa shape index (κ2) is 7.49. The molecule has 4 nitrogen and oxygen atoms in total. The topological polar surface area (TPSA) is 26.6 Å². The summed E-state index contributed by atoms with van der Waals surface area (Å²) in [6.45, 7) is 4.24. The van der Waals surface area contributed by atoms with Gasteiger partial charge in [0, 0.05) is 37.1 Å². The van der Waals surface area contributed by atoms with Crippen LogP contribution in [-0.2, 0) is 13.6 Å². The van der Waals surface area contributed by atoms with Gasteiger partial charge in [0.15, 0.2) is 0 Å². The van der Waals surface area contributed by atoms with Crippen molar-refractivity contribution in [1.82, 2.24) is 9.47 Å². The number of thioether (sulfide) groups is 1. The molecule has 1 fully saturated rings. The highest BCUT2D eigenvalue weighted by Gasteiger charge is 2.35. The van der Waals surface area contributed by atoms with E-state index in [-0.39, 0.29) is 5.37 Å². The molecule has 5 heteroatoms. The monoisotopic (exact) mass is 382 g/mol. The van der Waals surface area contributed by atoms with Crippen LogP contribution in [0.4, 0.5) is 0 Å². The fraction of sp³-hybridized carbons (Fsp3) is 0.364. The van der Waals surface area contributed by atoms with Crippen molar-refractivity contribution in [2.24, 2.45) is 7.05 Å². The molecule has 1 aromatic heterocycles. The molecule has 0 amide bonds. The fourth-order valence-electron chi connectivity index (χ4n) is 3.94. The van der Waals surface area contributed by atoms with Gasteiger partial charge in [-0.25, -0.2) is 0 Å². The Labute approximate surface area is 165 Å². The van der Waals surface area contributed by atoms with Crippen molar-refractivity contribution in [3.05, 3.63) is 59.8 Å². The van der Waals surface area contributed by atoms with E-state index in [2.05, 4.69) is 53.9 Å². The largest absolute Gasteiger partial charge is 0.496 e. The molecule has 27 heavy (non-hydrogen) atoms. The fourth-order valence-corrected chi connectivity index (χ4v) is 5.36. The number of ether oxygens (including phenoxy) is 2. The third-order valence-corrected chi connectivity index (χ3v) is 6.64. The first-order chi connectivity index (χ1) is 13.1. The van der Waals surface area contributed by atoms with Crippen LogP contribution in [-0.4, -0.2) is 35.5 Å². The molecule has 2 heterocycles. The maximum Gasteiger partial charge on any atom is 0.128 e. The standard InChI is InChI=1S/C22H26N2O2S/c1-15-13-24(14-16-8-9-17-10-11-23(2)18(17)12-16)22(27-15)21-19(25-3)6-5-7-20(21)26-4/h5-12,15,22H,13-14H2,1-4H3. The summed E-state index contributed by atoms with van der Waals surface area (Å²) in [6.07, 6.45) is 2.12. The van der Waals surface area contributed by atoms with Crippen molar-refractivity contribution in [3.63, 3.8) is 0 Å². The maximum atomic E-state index is 5.67. The van der Waals surface area contributed by atoms with Crippen molar-refractivity contribution in [2.75, 3.05) is 20.8 Å². The summed E-state index contributed by atoms with van der Waals surface area (Å²) >= 11 is 1.97. The number of fused-ring (bicyclic) bond motifs is 1. The minimum atomic E-state index is 0.218. The lowest BCUT2D eigenvalue weighted by Gasteiger charge is -2.26. The molecule has 0 bridgehead atoms. The average molecular weight is 383 g/mol. The van der Waals surface area contributed by atoms with E-state index in [9.17, 15) is 0 Å². The third-order valence-electron chi connectivity index (χ3n) is 5.24. The van der Waals surface area contributed by atoms with E-state index >= 15 is 0 Å². The normalized spacial score (nSPS) is 20.3. The van der Waals surface area contributed by atoms with Gasteiger partial charge in [-0.2, -0.15) is 0 Å². The van der Waals surface area contributed by atoms with E-state index in [1.807, 2.05) is 30.0 Å². The van der Waals surface area contributed by atoms with E-state index in [1.165, 1.54) is 16.5 Å². The van der Waals surface area contributed by atoms with Gasteiger partial charge in [0.25, 0.3) is 0 Å². The molecule has 2 atom stereocenters. The van der Waals surface area contributed by atoms with Gasteiger partial charge in [-0.05, 0) is 35.2 Å². The number of methoxy groups -OCH3 is 2. The van der Waals surface area contributed by atoms with E-state index < -0.39 is 0 Å². The van der Waals surface area contributed by atoms with Crippen LogP contribution in [0.2, 0.25) is 0 Å². The molecule has 0 spiro atoms. The zero-order chi connectivity index (χ0) is 19.0. The lowest BCUT2D eigenvalue weighted by molar-refractivity contribution is 0.262. The van der Waals surface area contributed by atoms with E-state index in [1.54, 1.807) is 14.2 Å². The summed E-state index contributed by atoms with van der Waals surface area (Å²) in [5, 5.41) is 2.06. The van der Waals surface area contributed by atoms with Crippen molar-refractivity contribution >= 4 is 22.7 Å². The van der Waals surface area contributed by atoms with Gasteiger partial charge in [-0.15, -0.1) is 11.8 Å². The summed E-state index contributed by atoms with van der Waals surface area (Å²) in [7, 11) is 5.56. The van der Waals surface area contributed by atoms with Crippen LogP contribution in [0.5, 0.6) is 11.5 Å². The second-order valence-electron chi connectivity index (χ2n) is 7.12. The van der Waals surface area contributed by atoms with Crippen LogP contribution in [0.25, 0.3) is 10.9 Å². The van der Waals surface area contributed by atoms with Gasteiger partial charge in [0.1, 0.15) is 11.5 Å². The highest BCUT2D eigenvalue weighted by atomic mass is 32.2. The minimum Gasteiger partial charge on any atom is -0.496 e.